The van der Waals surface area contributed by atoms with Crippen LogP contribution in [0.4, 0.5) is 0 Å². The van der Waals surface area contributed by atoms with Crippen LogP contribution >= 0.6 is 0 Å². The largest absolute Gasteiger partial charge is 0.496 e. The van der Waals surface area contributed by atoms with Gasteiger partial charge in [0.2, 0.25) is 0 Å². The maximum absolute atomic E-state index is 12.0. The van der Waals surface area contributed by atoms with Gasteiger partial charge in [0.15, 0.2) is 0 Å². The van der Waals surface area contributed by atoms with Crippen LogP contribution < -0.4 is 14.8 Å². The van der Waals surface area contributed by atoms with Crippen LogP contribution in [-0.4, -0.2) is 47.1 Å². The minimum absolute atomic E-state index is 0.0405. The van der Waals surface area contributed by atoms with E-state index in [0.29, 0.717) is 11.5 Å². The fourth-order valence-corrected chi connectivity index (χ4v) is 1.99. The molecule has 0 unspecified atom stereocenters. The van der Waals surface area contributed by atoms with Gasteiger partial charge in [0.1, 0.15) is 26.9 Å². The van der Waals surface area contributed by atoms with Gasteiger partial charge in [-0.2, -0.15) is 0 Å². The third-order valence-corrected chi connectivity index (χ3v) is 3.36. The minimum atomic E-state index is -3.11. The molecule has 1 rings (SSSR count). The predicted molar refractivity (Wildman–Crippen MR) is 71.6 cm³/mol. The molecule has 0 saturated carbocycles. The van der Waals surface area contributed by atoms with Crippen molar-refractivity contribution in [2.45, 2.75) is 0 Å². The average molecular weight is 287 g/mol. The van der Waals surface area contributed by atoms with Gasteiger partial charge >= 0.3 is 0 Å². The highest BCUT2D eigenvalue weighted by Gasteiger charge is 2.18. The molecule has 1 amide bonds. The Morgan fingerprint density at radius 3 is 2.16 bits per heavy atom. The van der Waals surface area contributed by atoms with Crippen LogP contribution in [0.3, 0.4) is 0 Å². The van der Waals surface area contributed by atoms with Crippen molar-refractivity contribution in [3.63, 3.8) is 0 Å². The van der Waals surface area contributed by atoms with E-state index in [1.165, 1.54) is 14.2 Å². The molecule has 1 N–H and O–H groups in total. The summed E-state index contributed by atoms with van der Waals surface area (Å²) in [7, 11) is -0.218. The number of ether oxygens (including phenoxy) is 2. The molecule has 0 aromatic heterocycles. The smallest absolute Gasteiger partial charge is 0.258 e. The molecule has 6 nitrogen and oxygen atoms in total. The lowest BCUT2D eigenvalue weighted by atomic mass is 10.1. The van der Waals surface area contributed by atoms with Gasteiger partial charge in [0.05, 0.1) is 20.0 Å². The number of rotatable bonds is 6. The van der Waals surface area contributed by atoms with Gasteiger partial charge in [0, 0.05) is 12.8 Å². The quantitative estimate of drug-likeness (QED) is 0.823. The Balaban J connectivity index is 2.87. The van der Waals surface area contributed by atoms with E-state index in [0.717, 1.165) is 6.26 Å². The molecule has 0 aliphatic carbocycles. The summed E-state index contributed by atoms with van der Waals surface area (Å²) in [6.45, 7) is 0.0405. The highest BCUT2D eigenvalue weighted by molar-refractivity contribution is 7.90. The number of hydrogen-bond acceptors (Lipinski definition) is 5. The molecule has 1 aromatic carbocycles. The lowest BCUT2D eigenvalue weighted by Gasteiger charge is -2.12. The molecule has 19 heavy (non-hydrogen) atoms. The maximum Gasteiger partial charge on any atom is 0.258 e. The van der Waals surface area contributed by atoms with Crippen LogP contribution in [0.15, 0.2) is 18.2 Å². The molecule has 0 spiro atoms. The first kappa shape index (κ1) is 15.3. The number of carbonyl (C=O) groups excluding carboxylic acids is 1. The monoisotopic (exact) mass is 287 g/mol. The first-order chi connectivity index (χ1) is 8.89. The molecular weight excluding hydrogens is 270 g/mol. The van der Waals surface area contributed by atoms with Crippen LogP contribution in [0.1, 0.15) is 10.4 Å². The van der Waals surface area contributed by atoms with Gasteiger partial charge in [-0.1, -0.05) is 6.07 Å². The van der Waals surface area contributed by atoms with E-state index in [9.17, 15) is 13.2 Å². The maximum atomic E-state index is 12.0. The minimum Gasteiger partial charge on any atom is -0.496 e. The molecule has 0 atom stereocenters. The van der Waals surface area contributed by atoms with Crippen molar-refractivity contribution < 1.29 is 22.7 Å². The molecule has 7 heteroatoms. The van der Waals surface area contributed by atoms with Crippen molar-refractivity contribution in [3.05, 3.63) is 23.8 Å². The topological polar surface area (TPSA) is 81.7 Å². The molecule has 106 valence electrons. The van der Waals surface area contributed by atoms with Gasteiger partial charge in [-0.3, -0.25) is 4.79 Å². The van der Waals surface area contributed by atoms with E-state index in [1.54, 1.807) is 18.2 Å². The van der Waals surface area contributed by atoms with Crippen molar-refractivity contribution >= 4 is 15.7 Å². The van der Waals surface area contributed by atoms with Gasteiger partial charge in [-0.15, -0.1) is 0 Å². The molecular formula is C12H17NO5S. The standard InChI is InChI=1S/C12H17NO5S/c1-17-9-5-4-6-10(18-2)11(9)12(14)13-7-8-19(3,15)16/h4-6H,7-8H2,1-3H3,(H,13,14). The van der Waals surface area contributed by atoms with Crippen LogP contribution in [-0.2, 0) is 9.84 Å². The summed E-state index contributed by atoms with van der Waals surface area (Å²) in [5, 5.41) is 2.53. The summed E-state index contributed by atoms with van der Waals surface area (Å²) in [5.41, 5.74) is 0.251. The number of methoxy groups -OCH3 is 2. The number of benzene rings is 1. The van der Waals surface area contributed by atoms with Crippen LogP contribution in [0.2, 0.25) is 0 Å². The highest BCUT2D eigenvalue weighted by atomic mass is 32.2. The molecule has 0 radical (unpaired) electrons. The van der Waals surface area contributed by atoms with E-state index >= 15 is 0 Å². The van der Waals surface area contributed by atoms with E-state index in [1.807, 2.05) is 0 Å². The summed E-state index contributed by atoms with van der Waals surface area (Å²) in [4.78, 5) is 12.0. The zero-order chi connectivity index (χ0) is 14.5. The molecule has 1 aromatic rings. The number of amides is 1. The van der Waals surface area contributed by atoms with E-state index in [-0.39, 0.29) is 17.9 Å². The molecule has 0 saturated heterocycles. The normalized spacial score (nSPS) is 10.9. The Morgan fingerprint density at radius 1 is 1.21 bits per heavy atom. The molecule has 0 aliphatic rings. The first-order valence-corrected chi connectivity index (χ1v) is 7.62. The second kappa shape index (κ2) is 6.42. The lowest BCUT2D eigenvalue weighted by molar-refractivity contribution is 0.0950. The third-order valence-electron chi connectivity index (χ3n) is 2.41. The van der Waals surface area contributed by atoms with E-state index in [4.69, 9.17) is 9.47 Å². The van der Waals surface area contributed by atoms with Gasteiger partial charge in [-0.05, 0) is 12.1 Å². The Morgan fingerprint density at radius 2 is 1.74 bits per heavy atom. The highest BCUT2D eigenvalue weighted by Crippen LogP contribution is 2.27. The number of hydrogen-bond donors (Lipinski definition) is 1. The second-order valence-corrected chi connectivity index (χ2v) is 6.18. The van der Waals surface area contributed by atoms with E-state index in [2.05, 4.69) is 5.32 Å². The molecule has 0 bridgehead atoms. The number of carbonyl (C=O) groups is 1. The Kier molecular flexibility index (Phi) is 5.17. The zero-order valence-corrected chi connectivity index (χ0v) is 11.9. The van der Waals surface area contributed by atoms with Crippen molar-refractivity contribution in [1.29, 1.82) is 0 Å². The Hall–Kier alpha value is -1.76. The Bertz CT molecular complexity index is 531. The SMILES string of the molecule is COc1cccc(OC)c1C(=O)NCCS(C)(=O)=O. The van der Waals surface area contributed by atoms with Crippen molar-refractivity contribution in [2.75, 3.05) is 32.8 Å². The first-order valence-electron chi connectivity index (χ1n) is 5.56. The zero-order valence-electron chi connectivity index (χ0n) is 11.1. The predicted octanol–water partition coefficient (Wildman–Crippen LogP) is 0.478. The summed E-state index contributed by atoms with van der Waals surface area (Å²) < 4.78 is 32.2. The van der Waals surface area contributed by atoms with Gasteiger partial charge in [-0.25, -0.2) is 8.42 Å². The van der Waals surface area contributed by atoms with Crippen molar-refractivity contribution in [1.82, 2.24) is 5.32 Å². The van der Waals surface area contributed by atoms with Crippen molar-refractivity contribution in [3.8, 4) is 11.5 Å². The van der Waals surface area contributed by atoms with Crippen LogP contribution in [0, 0.1) is 0 Å². The fraction of sp³-hybridized carbons (Fsp3) is 0.417. The number of nitrogens with one attached hydrogen (secondary N) is 1. The summed E-state index contributed by atoms with van der Waals surface area (Å²) in [5.74, 6) is 0.196. The molecule has 0 aliphatic heterocycles. The van der Waals surface area contributed by atoms with Crippen LogP contribution in [0.25, 0.3) is 0 Å². The van der Waals surface area contributed by atoms with E-state index < -0.39 is 15.7 Å². The number of sulfone groups is 1. The van der Waals surface area contributed by atoms with Gasteiger partial charge < -0.3 is 14.8 Å². The Labute approximate surface area is 112 Å². The van der Waals surface area contributed by atoms with Crippen molar-refractivity contribution in [2.24, 2.45) is 0 Å². The molecule has 0 fully saturated rings. The fourth-order valence-electron chi connectivity index (χ4n) is 1.51. The summed E-state index contributed by atoms with van der Waals surface area (Å²) in [6, 6.07) is 4.97. The third kappa shape index (κ3) is 4.44. The summed E-state index contributed by atoms with van der Waals surface area (Å²) >= 11 is 0. The van der Waals surface area contributed by atoms with Gasteiger partial charge in [0.25, 0.3) is 5.91 Å². The second-order valence-electron chi connectivity index (χ2n) is 3.92. The van der Waals surface area contributed by atoms with Crippen LogP contribution in [0.5, 0.6) is 11.5 Å². The summed E-state index contributed by atoms with van der Waals surface area (Å²) in [6.07, 6.45) is 1.11. The average Bonchev–Trinajstić information content (AvgIpc) is 2.35. The molecule has 0 heterocycles. The lowest BCUT2D eigenvalue weighted by Crippen LogP contribution is -2.29.